The van der Waals surface area contributed by atoms with Gasteiger partial charge in [-0.15, -0.1) is 11.3 Å². The molecule has 2 aromatic heterocycles. The third-order valence-electron chi connectivity index (χ3n) is 2.89. The van der Waals surface area contributed by atoms with Crippen molar-refractivity contribution in [3.63, 3.8) is 0 Å². The maximum Gasteiger partial charge on any atom is 0.266 e. The van der Waals surface area contributed by atoms with Gasteiger partial charge >= 0.3 is 0 Å². The number of thiophene rings is 1. The molecule has 0 atom stereocenters. The summed E-state index contributed by atoms with van der Waals surface area (Å²) in [5, 5.41) is 2.13. The molecular formula is C11H10IN3OS. The van der Waals surface area contributed by atoms with Gasteiger partial charge in [0, 0.05) is 18.0 Å². The second kappa shape index (κ2) is 4.41. The molecule has 0 saturated heterocycles. The molecule has 0 aromatic carbocycles. The Labute approximate surface area is 116 Å². The standard InChI is InChI=1S/C11H10IN3OS/c12-9-10(13-6-14-11(9)16)15-3-1-8-7(5-15)2-4-17-8/h2,4,6H,1,3,5H2,(H,13,14,16). The third kappa shape index (κ3) is 1.99. The lowest BCUT2D eigenvalue weighted by Gasteiger charge is -2.28. The van der Waals surface area contributed by atoms with Gasteiger partial charge in [-0.3, -0.25) is 4.79 Å². The van der Waals surface area contributed by atoms with Crippen molar-refractivity contribution in [2.75, 3.05) is 11.4 Å². The number of anilines is 1. The van der Waals surface area contributed by atoms with Crippen molar-refractivity contribution in [1.29, 1.82) is 0 Å². The van der Waals surface area contributed by atoms with Crippen LogP contribution in [-0.2, 0) is 13.0 Å². The number of nitrogens with one attached hydrogen (secondary N) is 1. The van der Waals surface area contributed by atoms with Gasteiger partial charge in [-0.1, -0.05) is 0 Å². The highest BCUT2D eigenvalue weighted by atomic mass is 127. The lowest BCUT2D eigenvalue weighted by molar-refractivity contribution is 0.726. The minimum Gasteiger partial charge on any atom is -0.351 e. The van der Waals surface area contributed by atoms with Crippen molar-refractivity contribution in [2.45, 2.75) is 13.0 Å². The first kappa shape index (κ1) is 11.2. The Morgan fingerprint density at radius 1 is 1.53 bits per heavy atom. The zero-order valence-electron chi connectivity index (χ0n) is 8.94. The number of hydrogen-bond donors (Lipinski definition) is 1. The fraction of sp³-hybridized carbons (Fsp3) is 0.273. The molecule has 0 fully saturated rings. The highest BCUT2D eigenvalue weighted by Crippen LogP contribution is 2.27. The molecule has 2 aromatic rings. The van der Waals surface area contributed by atoms with Crippen LogP contribution in [0.1, 0.15) is 10.4 Å². The summed E-state index contributed by atoms with van der Waals surface area (Å²) in [7, 11) is 0. The van der Waals surface area contributed by atoms with Crippen LogP contribution in [0.5, 0.6) is 0 Å². The van der Waals surface area contributed by atoms with Crippen LogP contribution in [0.3, 0.4) is 0 Å². The second-order valence-electron chi connectivity index (χ2n) is 3.91. The summed E-state index contributed by atoms with van der Waals surface area (Å²) in [6.45, 7) is 1.78. The number of aromatic amines is 1. The number of fused-ring (bicyclic) bond motifs is 1. The van der Waals surface area contributed by atoms with Crippen LogP contribution in [0.15, 0.2) is 22.6 Å². The van der Waals surface area contributed by atoms with E-state index in [0.29, 0.717) is 3.57 Å². The van der Waals surface area contributed by atoms with E-state index in [2.05, 4.69) is 48.9 Å². The Morgan fingerprint density at radius 2 is 2.41 bits per heavy atom. The Balaban J connectivity index is 1.97. The summed E-state index contributed by atoms with van der Waals surface area (Å²) in [5.41, 5.74) is 1.30. The minimum atomic E-state index is -0.0632. The zero-order valence-corrected chi connectivity index (χ0v) is 11.9. The van der Waals surface area contributed by atoms with Crippen LogP contribution in [0.4, 0.5) is 5.82 Å². The molecule has 0 aliphatic carbocycles. The van der Waals surface area contributed by atoms with Crippen LogP contribution in [0.25, 0.3) is 0 Å². The highest BCUT2D eigenvalue weighted by molar-refractivity contribution is 14.1. The first-order valence-electron chi connectivity index (χ1n) is 5.29. The van der Waals surface area contributed by atoms with Crippen LogP contribution in [0, 0.1) is 3.57 Å². The summed E-state index contributed by atoms with van der Waals surface area (Å²) in [6.07, 6.45) is 2.51. The van der Waals surface area contributed by atoms with Crippen LogP contribution >= 0.6 is 33.9 Å². The second-order valence-corrected chi connectivity index (χ2v) is 5.99. The summed E-state index contributed by atoms with van der Waals surface area (Å²) >= 11 is 3.87. The Hall–Kier alpha value is -0.890. The van der Waals surface area contributed by atoms with Crippen LogP contribution in [0.2, 0.25) is 0 Å². The van der Waals surface area contributed by atoms with Gasteiger partial charge in [0.25, 0.3) is 5.56 Å². The first-order valence-corrected chi connectivity index (χ1v) is 7.25. The lowest BCUT2D eigenvalue weighted by atomic mass is 10.1. The fourth-order valence-electron chi connectivity index (χ4n) is 2.02. The maximum atomic E-state index is 11.6. The lowest BCUT2D eigenvalue weighted by Crippen LogP contribution is -2.32. The quantitative estimate of drug-likeness (QED) is 0.793. The van der Waals surface area contributed by atoms with Gasteiger partial charge in [0.05, 0.1) is 6.33 Å². The molecule has 1 N–H and O–H groups in total. The average molecular weight is 359 g/mol. The molecule has 0 saturated carbocycles. The summed E-state index contributed by atoms with van der Waals surface area (Å²) < 4.78 is 0.670. The van der Waals surface area contributed by atoms with Gasteiger partial charge in [-0.2, -0.15) is 0 Å². The molecule has 6 heteroatoms. The molecule has 17 heavy (non-hydrogen) atoms. The third-order valence-corrected chi connectivity index (χ3v) is 4.88. The molecule has 0 radical (unpaired) electrons. The molecule has 0 unspecified atom stereocenters. The van der Waals surface area contributed by atoms with Gasteiger partial charge in [-0.25, -0.2) is 4.98 Å². The average Bonchev–Trinajstić information content (AvgIpc) is 2.79. The smallest absolute Gasteiger partial charge is 0.266 e. The number of halogens is 1. The summed E-state index contributed by atoms with van der Waals surface area (Å²) in [6, 6.07) is 2.16. The van der Waals surface area contributed by atoms with Crippen molar-refractivity contribution in [2.24, 2.45) is 0 Å². The number of aromatic nitrogens is 2. The van der Waals surface area contributed by atoms with E-state index in [1.165, 1.54) is 16.8 Å². The van der Waals surface area contributed by atoms with E-state index in [1.807, 2.05) is 11.3 Å². The van der Waals surface area contributed by atoms with E-state index in [0.717, 1.165) is 25.3 Å². The molecule has 0 bridgehead atoms. The normalized spacial score (nSPS) is 14.8. The molecular weight excluding hydrogens is 349 g/mol. The van der Waals surface area contributed by atoms with Crippen molar-refractivity contribution in [3.8, 4) is 0 Å². The first-order chi connectivity index (χ1) is 8.25. The predicted molar refractivity (Wildman–Crippen MR) is 76.6 cm³/mol. The van der Waals surface area contributed by atoms with Crippen LogP contribution in [-0.4, -0.2) is 16.5 Å². The Morgan fingerprint density at radius 3 is 3.29 bits per heavy atom. The van der Waals surface area contributed by atoms with Crippen molar-refractivity contribution < 1.29 is 0 Å². The van der Waals surface area contributed by atoms with E-state index < -0.39 is 0 Å². The molecule has 0 amide bonds. The van der Waals surface area contributed by atoms with Gasteiger partial charge in [-0.05, 0) is 46.0 Å². The van der Waals surface area contributed by atoms with Crippen LogP contribution < -0.4 is 10.5 Å². The van der Waals surface area contributed by atoms with Gasteiger partial charge < -0.3 is 9.88 Å². The SMILES string of the molecule is O=c1[nH]cnc(N2CCc3sccc3C2)c1I. The number of nitrogens with zero attached hydrogens (tertiary/aromatic N) is 2. The van der Waals surface area contributed by atoms with E-state index in [9.17, 15) is 4.79 Å². The number of H-pyrrole nitrogens is 1. The molecule has 1 aliphatic heterocycles. The molecule has 0 spiro atoms. The van der Waals surface area contributed by atoms with Gasteiger partial charge in [0.1, 0.15) is 9.39 Å². The van der Waals surface area contributed by atoms with E-state index in [1.54, 1.807) is 0 Å². The summed E-state index contributed by atoms with van der Waals surface area (Å²) in [5.74, 6) is 0.797. The predicted octanol–water partition coefficient (Wildman–Crippen LogP) is 2.00. The molecule has 4 nitrogen and oxygen atoms in total. The summed E-state index contributed by atoms with van der Waals surface area (Å²) in [4.78, 5) is 22.1. The molecule has 3 rings (SSSR count). The van der Waals surface area contributed by atoms with Crippen molar-refractivity contribution in [3.05, 3.63) is 42.1 Å². The topological polar surface area (TPSA) is 49.0 Å². The Kier molecular flexibility index (Phi) is 2.91. The molecule has 1 aliphatic rings. The van der Waals surface area contributed by atoms with Crippen molar-refractivity contribution >= 4 is 39.7 Å². The van der Waals surface area contributed by atoms with E-state index in [-0.39, 0.29) is 5.56 Å². The molecule has 88 valence electrons. The minimum absolute atomic E-state index is 0.0632. The van der Waals surface area contributed by atoms with E-state index >= 15 is 0 Å². The van der Waals surface area contributed by atoms with Gasteiger partial charge in [0.15, 0.2) is 0 Å². The maximum absolute atomic E-state index is 11.6. The Bertz CT molecular complexity index is 607. The number of hydrogen-bond acceptors (Lipinski definition) is 4. The monoisotopic (exact) mass is 359 g/mol. The largest absolute Gasteiger partial charge is 0.351 e. The highest BCUT2D eigenvalue weighted by Gasteiger charge is 2.20. The number of rotatable bonds is 1. The fourth-order valence-corrected chi connectivity index (χ4v) is 3.55. The van der Waals surface area contributed by atoms with E-state index in [4.69, 9.17) is 0 Å². The zero-order chi connectivity index (χ0) is 11.8. The van der Waals surface area contributed by atoms with Gasteiger partial charge in [0.2, 0.25) is 0 Å². The molecule has 3 heterocycles. The van der Waals surface area contributed by atoms with Crippen molar-refractivity contribution in [1.82, 2.24) is 9.97 Å².